The molecule has 0 spiro atoms. The lowest BCUT2D eigenvalue weighted by Gasteiger charge is -2.37. The number of benzene rings is 1. The smallest absolute Gasteiger partial charge is 0.330 e. The van der Waals surface area contributed by atoms with E-state index in [0.29, 0.717) is 6.42 Å². The number of rotatable bonds is 6. The fourth-order valence-electron chi connectivity index (χ4n) is 3.23. The van der Waals surface area contributed by atoms with Gasteiger partial charge < -0.3 is 18.9 Å². The Bertz CT molecular complexity index is 677. The average Bonchev–Trinajstić information content (AvgIpc) is 2.59. The van der Waals surface area contributed by atoms with Crippen LogP contribution in [0, 0.1) is 20.8 Å². The van der Waals surface area contributed by atoms with Crippen LogP contribution in [-0.4, -0.2) is 32.6 Å². The van der Waals surface area contributed by atoms with Crippen molar-refractivity contribution >= 4 is 5.97 Å². The fraction of sp³-hybridized carbons (Fsp3) is 0.550. The highest BCUT2D eigenvalue weighted by atomic mass is 16.7. The summed E-state index contributed by atoms with van der Waals surface area (Å²) in [4.78, 5) is 11.2. The van der Waals surface area contributed by atoms with Crippen molar-refractivity contribution in [3.8, 4) is 11.5 Å². The van der Waals surface area contributed by atoms with Gasteiger partial charge in [0.1, 0.15) is 17.1 Å². The highest BCUT2D eigenvalue weighted by Gasteiger charge is 2.34. The van der Waals surface area contributed by atoms with Crippen LogP contribution >= 0.6 is 0 Å². The standard InChI is InChI=1S/C20H28O5/c1-13-14(2)19-16(15(3)18(13)24-12-22-5)9-11-20(4,25-19)10-7-8-17(21)23-6/h7-8H,9-12H2,1-6H3. The van der Waals surface area contributed by atoms with Crippen LogP contribution in [0.2, 0.25) is 0 Å². The maximum Gasteiger partial charge on any atom is 0.330 e. The molecule has 0 radical (unpaired) electrons. The normalized spacial score (nSPS) is 19.4. The van der Waals surface area contributed by atoms with E-state index in [4.69, 9.17) is 14.2 Å². The van der Waals surface area contributed by atoms with Crippen molar-refractivity contribution in [1.82, 2.24) is 0 Å². The molecular weight excluding hydrogens is 320 g/mol. The maximum absolute atomic E-state index is 11.2. The second kappa shape index (κ2) is 7.91. The van der Waals surface area contributed by atoms with Crippen LogP contribution < -0.4 is 9.47 Å². The molecule has 0 N–H and O–H groups in total. The number of hydrogen-bond donors (Lipinski definition) is 0. The van der Waals surface area contributed by atoms with Gasteiger partial charge in [-0.2, -0.15) is 0 Å². The number of esters is 1. The number of ether oxygens (including phenoxy) is 4. The van der Waals surface area contributed by atoms with Gasteiger partial charge in [0, 0.05) is 25.2 Å². The zero-order valence-corrected chi connectivity index (χ0v) is 16.0. The Labute approximate surface area is 149 Å². The van der Waals surface area contributed by atoms with Crippen LogP contribution in [0.1, 0.15) is 42.0 Å². The Morgan fingerprint density at radius 2 is 1.92 bits per heavy atom. The van der Waals surface area contributed by atoms with Gasteiger partial charge in [-0.15, -0.1) is 0 Å². The largest absolute Gasteiger partial charge is 0.487 e. The quantitative estimate of drug-likeness (QED) is 0.445. The van der Waals surface area contributed by atoms with Crippen molar-refractivity contribution in [3.05, 3.63) is 34.4 Å². The van der Waals surface area contributed by atoms with Gasteiger partial charge in [0.2, 0.25) is 0 Å². The molecule has 0 saturated carbocycles. The third-order valence-corrected chi connectivity index (χ3v) is 4.89. The van der Waals surface area contributed by atoms with Crippen LogP contribution in [0.15, 0.2) is 12.2 Å². The van der Waals surface area contributed by atoms with Gasteiger partial charge in [-0.25, -0.2) is 4.79 Å². The first-order valence-electron chi connectivity index (χ1n) is 8.51. The molecule has 1 atom stereocenters. The molecule has 25 heavy (non-hydrogen) atoms. The Morgan fingerprint density at radius 1 is 1.20 bits per heavy atom. The van der Waals surface area contributed by atoms with Gasteiger partial charge in [-0.1, -0.05) is 6.08 Å². The lowest BCUT2D eigenvalue weighted by molar-refractivity contribution is -0.134. The Balaban J connectivity index is 2.28. The minimum atomic E-state index is -0.345. The van der Waals surface area contributed by atoms with Crippen molar-refractivity contribution in [2.45, 2.75) is 52.6 Å². The lowest BCUT2D eigenvalue weighted by atomic mass is 9.85. The lowest BCUT2D eigenvalue weighted by Crippen LogP contribution is -2.36. The van der Waals surface area contributed by atoms with Crippen LogP contribution in [0.3, 0.4) is 0 Å². The van der Waals surface area contributed by atoms with E-state index < -0.39 is 0 Å². The van der Waals surface area contributed by atoms with Gasteiger partial charge in [0.15, 0.2) is 6.79 Å². The Hall–Kier alpha value is -2.01. The molecule has 1 aliphatic heterocycles. The molecule has 138 valence electrons. The van der Waals surface area contributed by atoms with Gasteiger partial charge in [-0.05, 0) is 57.2 Å². The van der Waals surface area contributed by atoms with Crippen LogP contribution in [-0.2, 0) is 20.7 Å². The third-order valence-electron chi connectivity index (χ3n) is 4.89. The van der Waals surface area contributed by atoms with E-state index in [9.17, 15) is 4.79 Å². The molecule has 0 amide bonds. The van der Waals surface area contributed by atoms with E-state index in [2.05, 4.69) is 25.5 Å². The first-order chi connectivity index (χ1) is 11.8. The summed E-state index contributed by atoms with van der Waals surface area (Å²) in [6, 6.07) is 0. The topological polar surface area (TPSA) is 54.0 Å². The van der Waals surface area contributed by atoms with E-state index in [1.165, 1.54) is 18.7 Å². The van der Waals surface area contributed by atoms with Crippen molar-refractivity contribution in [3.63, 3.8) is 0 Å². The second-order valence-corrected chi connectivity index (χ2v) is 6.74. The zero-order valence-electron chi connectivity index (χ0n) is 16.0. The summed E-state index contributed by atoms with van der Waals surface area (Å²) in [5.41, 5.74) is 4.14. The molecular formula is C20H28O5. The predicted octanol–water partition coefficient (Wildman–Crippen LogP) is 3.80. The SMILES string of the molecule is COCOc1c(C)c(C)c2c(c1C)CCC(C)(CC=CC(=O)OC)O2. The minimum absolute atomic E-state index is 0.233. The summed E-state index contributed by atoms with van der Waals surface area (Å²) in [6.45, 7) is 8.48. The van der Waals surface area contributed by atoms with E-state index in [0.717, 1.165) is 41.0 Å². The molecule has 0 fully saturated rings. The van der Waals surface area contributed by atoms with Gasteiger partial charge in [0.05, 0.1) is 7.11 Å². The zero-order chi connectivity index (χ0) is 18.6. The fourth-order valence-corrected chi connectivity index (χ4v) is 3.23. The summed E-state index contributed by atoms with van der Waals surface area (Å²) in [5, 5.41) is 0. The highest BCUT2D eigenvalue weighted by Crippen LogP contribution is 2.44. The van der Waals surface area contributed by atoms with E-state index >= 15 is 0 Å². The van der Waals surface area contributed by atoms with E-state index in [-0.39, 0.29) is 18.4 Å². The Morgan fingerprint density at radius 3 is 2.56 bits per heavy atom. The molecule has 0 saturated heterocycles. The average molecular weight is 348 g/mol. The van der Waals surface area contributed by atoms with E-state index in [1.54, 1.807) is 7.11 Å². The number of hydrogen-bond acceptors (Lipinski definition) is 5. The van der Waals surface area contributed by atoms with Crippen molar-refractivity contribution < 1.29 is 23.7 Å². The number of fused-ring (bicyclic) bond motifs is 1. The molecule has 5 heteroatoms. The summed E-state index contributed by atoms with van der Waals surface area (Å²) >= 11 is 0. The maximum atomic E-state index is 11.2. The molecule has 1 heterocycles. The predicted molar refractivity (Wildman–Crippen MR) is 96.3 cm³/mol. The highest BCUT2D eigenvalue weighted by molar-refractivity contribution is 5.81. The second-order valence-electron chi connectivity index (χ2n) is 6.74. The van der Waals surface area contributed by atoms with Crippen LogP contribution in [0.5, 0.6) is 11.5 Å². The van der Waals surface area contributed by atoms with Crippen molar-refractivity contribution in [2.24, 2.45) is 0 Å². The summed E-state index contributed by atoms with van der Waals surface area (Å²) < 4.78 is 21.9. The van der Waals surface area contributed by atoms with Crippen molar-refractivity contribution in [1.29, 1.82) is 0 Å². The monoisotopic (exact) mass is 348 g/mol. The number of methoxy groups -OCH3 is 2. The number of carbonyl (C=O) groups excluding carboxylic acids is 1. The van der Waals surface area contributed by atoms with Gasteiger partial charge in [-0.3, -0.25) is 0 Å². The third kappa shape index (κ3) is 4.15. The van der Waals surface area contributed by atoms with Gasteiger partial charge >= 0.3 is 5.97 Å². The molecule has 0 aromatic heterocycles. The Kier molecular flexibility index (Phi) is 6.11. The molecule has 1 unspecified atom stereocenters. The minimum Gasteiger partial charge on any atom is -0.487 e. The van der Waals surface area contributed by atoms with Crippen LogP contribution in [0.4, 0.5) is 0 Å². The molecule has 1 aliphatic rings. The molecule has 1 aromatic rings. The molecule has 2 rings (SSSR count). The number of carbonyl (C=O) groups is 1. The molecule has 5 nitrogen and oxygen atoms in total. The van der Waals surface area contributed by atoms with Gasteiger partial charge in [0.25, 0.3) is 0 Å². The first-order valence-corrected chi connectivity index (χ1v) is 8.51. The summed E-state index contributed by atoms with van der Waals surface area (Å²) in [6.07, 6.45) is 5.71. The molecule has 0 bridgehead atoms. The first kappa shape index (κ1) is 19.3. The molecule has 1 aromatic carbocycles. The van der Waals surface area contributed by atoms with Crippen LogP contribution in [0.25, 0.3) is 0 Å². The molecule has 0 aliphatic carbocycles. The van der Waals surface area contributed by atoms with Crippen molar-refractivity contribution in [2.75, 3.05) is 21.0 Å². The van der Waals surface area contributed by atoms with E-state index in [1.807, 2.05) is 13.0 Å². The summed E-state index contributed by atoms with van der Waals surface area (Å²) in [5.74, 6) is 1.48. The summed E-state index contributed by atoms with van der Waals surface area (Å²) in [7, 11) is 2.99.